The molecule has 0 bridgehead atoms. The third-order valence-corrected chi connectivity index (χ3v) is 26.8. The van der Waals surface area contributed by atoms with E-state index in [0.717, 1.165) is 5.57 Å². The number of hydrogen-bond acceptors (Lipinski definition) is 37. The molecule has 0 amide bonds. The van der Waals surface area contributed by atoms with Crippen LogP contribution in [0.15, 0.2) is 11.6 Å². The van der Waals surface area contributed by atoms with Gasteiger partial charge in [-0.3, -0.25) is 4.79 Å². The number of carbonyl (C=O) groups is 1. The van der Waals surface area contributed by atoms with Crippen LogP contribution in [-0.2, 0) is 71.1 Å². The van der Waals surface area contributed by atoms with Crippen molar-refractivity contribution in [3.05, 3.63) is 11.6 Å². The molecule has 22 N–H and O–H groups in total. The first-order chi connectivity index (χ1) is 50.0. The predicted octanol–water partition coefficient (Wildman–Crippen LogP) is -8.32. The van der Waals surface area contributed by atoms with Gasteiger partial charge in [0.05, 0.1) is 75.8 Å². The second-order valence-electron chi connectivity index (χ2n) is 34.1. The molecule has 7 heterocycles. The maximum Gasteiger partial charge on any atom is 0.317 e. The highest BCUT2D eigenvalue weighted by molar-refractivity contribution is 5.80. The van der Waals surface area contributed by atoms with Crippen molar-refractivity contribution in [2.24, 2.45) is 50.2 Å². The van der Waals surface area contributed by atoms with Gasteiger partial charge in [-0.1, -0.05) is 53.2 Å². The number of carbonyl (C=O) groups excluding carboxylic acids is 1. The number of allylic oxidation sites excluding steroid dienone is 2. The van der Waals surface area contributed by atoms with Gasteiger partial charge in [0.25, 0.3) is 0 Å². The van der Waals surface area contributed by atoms with Crippen molar-refractivity contribution in [1.82, 2.24) is 0 Å². The number of ether oxygens (including phenoxy) is 14. The second-order valence-corrected chi connectivity index (χ2v) is 34.1. The van der Waals surface area contributed by atoms with Crippen molar-refractivity contribution < 1.29 is 183 Å². The number of fused-ring (bicyclic) bond motifs is 7. The molecular weight excluding hydrogens is 1430 g/mol. The molecule has 0 unspecified atom stereocenters. The normalized spacial score (nSPS) is 56.5. The highest BCUT2D eigenvalue weighted by Gasteiger charge is 2.75. The van der Waals surface area contributed by atoms with E-state index in [1.165, 1.54) is 20.8 Å². The summed E-state index contributed by atoms with van der Waals surface area (Å²) >= 11 is 0. The minimum absolute atomic E-state index is 0.0478. The maximum atomic E-state index is 15.8. The van der Waals surface area contributed by atoms with Gasteiger partial charge in [0.1, 0.15) is 140 Å². The molecule has 37 nitrogen and oxygen atoms in total. The Morgan fingerprint density at radius 3 is 1.57 bits per heavy atom. The monoisotopic (exact) mass is 1550 g/mol. The molecule has 0 radical (unpaired) electrons. The van der Waals surface area contributed by atoms with Crippen molar-refractivity contribution in [2.45, 2.75) is 334 Å². The van der Waals surface area contributed by atoms with E-state index in [-0.39, 0.29) is 25.7 Å². The molecule has 0 aromatic rings. The Balaban J connectivity index is 0.782. The lowest BCUT2D eigenvalue weighted by atomic mass is 9.32. The van der Waals surface area contributed by atoms with E-state index in [1.54, 1.807) is 6.92 Å². The molecule has 0 spiro atoms. The average Bonchev–Trinajstić information content (AvgIpc) is 0.664. The van der Waals surface area contributed by atoms with Crippen LogP contribution in [0.5, 0.6) is 0 Å². The van der Waals surface area contributed by atoms with Crippen molar-refractivity contribution in [2.75, 3.05) is 33.0 Å². The molecular formula is C70H114O37. The summed E-state index contributed by atoms with van der Waals surface area (Å²) in [4.78, 5) is 15.8. The molecule has 107 heavy (non-hydrogen) atoms. The van der Waals surface area contributed by atoms with Crippen LogP contribution in [0, 0.1) is 50.2 Å². The van der Waals surface area contributed by atoms with Crippen LogP contribution in [0.4, 0.5) is 0 Å². The van der Waals surface area contributed by atoms with E-state index < -0.39 is 316 Å². The zero-order chi connectivity index (χ0) is 78.3. The zero-order valence-corrected chi connectivity index (χ0v) is 61.1. The van der Waals surface area contributed by atoms with Crippen LogP contribution >= 0.6 is 0 Å². The number of hydrogen-bond donors (Lipinski definition) is 22. The first kappa shape index (κ1) is 84.2. The van der Waals surface area contributed by atoms with E-state index in [9.17, 15) is 112 Å². The Bertz CT molecular complexity index is 3070. The Morgan fingerprint density at radius 2 is 0.963 bits per heavy atom. The van der Waals surface area contributed by atoms with E-state index in [2.05, 4.69) is 6.08 Å². The lowest BCUT2D eigenvalue weighted by Crippen LogP contribution is -2.73. The number of aliphatic hydroxyl groups is 22. The van der Waals surface area contributed by atoms with Gasteiger partial charge in [-0.25, -0.2) is 0 Å². The standard InChI is InChI=1S/C70H114O37/c1-23-36(78)41(83)46(88)59(97-23)103-52-31(76)20-94-58(49(52)91)102-51-25(3)99-62(50(92)53(51)104-60-47(89)42(84)37(79)24(2)98-60)105-54-38(80)30(75)19-95-63(54)107-64(93)70-13-12-65(4,5)14-27(70)26-10-11-34-66(6)15-29(74)56(67(7,22-72)55(66)28(73)16-69(34,9)68(26,8)17-35(70)77)106-61-48(90)44(86)40(82)33(101-61)21-96-57-45(87)43(85)39(81)32(18-71)100-57/h10,23-25,27-63,71-92H,11-22H2,1-9H3/t23-,24-,25-,27-,28+,29-,30+,31+,32+,33+,34+,35+,36-,37-,38-,39+,40+,41+,42+,43-,44-,45+,46+,47+,48+,49+,50+,51-,52-,53-,54+,55+,56-,57+,58-,59-,60-,61-,62-,63-,66+,67-,68+,69+,70+/m0/s1. The van der Waals surface area contributed by atoms with Gasteiger partial charge in [0.2, 0.25) is 6.29 Å². The van der Waals surface area contributed by atoms with E-state index >= 15 is 4.79 Å². The number of esters is 1. The lowest BCUT2D eigenvalue weighted by molar-refractivity contribution is -0.395. The SMILES string of the molecule is C[C@@H]1O[C@@H](O[C@@H]2[C@@H](O)[C@H](O[C@@H]3[C@@H](O[C@@H]4O[C@@H](C)[C@H](O)[C@@H](O)[C@H]4O)[C@@H](O)[C@H](O[C@H]4[C@H](OC(=O)[C@]56CCC(C)(C)C[C@H]5C5=CC[C@@H]7[C@@]8(C)C[C@H](O)[C@H](O[C@@H]9O[C@H](CO[C@@H]%10O[C@H](CO)[C@@H](O)[C@H](O)[C@H]%10O)[C@@H](O)[C@H](O)[C@H]9O)[C@@](C)(CO)[C@@H]8[C@H](O)C[C@@]7(C)[C@]5(C)C[C@H]6O)OC[C@@H](O)[C@@H]4O)O[C@H]3C)OC[C@H]2O)[C@H](O)[C@H](O)[C@H]1O. The summed E-state index contributed by atoms with van der Waals surface area (Å²) in [6.07, 6.45) is -60.3. The first-order valence-corrected chi connectivity index (χ1v) is 37.2. The summed E-state index contributed by atoms with van der Waals surface area (Å²) in [6.45, 7) is 12.3. The Morgan fingerprint density at radius 1 is 0.458 bits per heavy atom. The summed E-state index contributed by atoms with van der Waals surface area (Å²) < 4.78 is 83.7. The fraction of sp³-hybridized carbons (Fsp3) is 0.957. The molecule has 4 saturated carbocycles. The van der Waals surface area contributed by atoms with E-state index in [0.29, 0.717) is 19.3 Å². The van der Waals surface area contributed by atoms with Crippen molar-refractivity contribution in [1.29, 1.82) is 0 Å². The summed E-state index contributed by atoms with van der Waals surface area (Å²) in [7, 11) is 0. The van der Waals surface area contributed by atoms with Crippen molar-refractivity contribution in [3.8, 4) is 0 Å². The van der Waals surface area contributed by atoms with Gasteiger partial charge in [-0.15, -0.1) is 0 Å². The number of rotatable bonds is 17. The lowest BCUT2D eigenvalue weighted by Gasteiger charge is -2.73. The summed E-state index contributed by atoms with van der Waals surface area (Å²) in [5.74, 6) is -3.06. The van der Waals surface area contributed by atoms with E-state index in [4.69, 9.17) is 66.3 Å². The molecule has 12 rings (SSSR count). The molecule has 0 aromatic heterocycles. The molecule has 11 fully saturated rings. The van der Waals surface area contributed by atoms with E-state index in [1.807, 2.05) is 34.6 Å². The number of aliphatic hydroxyl groups excluding tert-OH is 22. The Labute approximate surface area is 616 Å². The molecule has 0 aromatic carbocycles. The molecule has 37 heteroatoms. The van der Waals surface area contributed by atoms with Crippen molar-refractivity contribution in [3.63, 3.8) is 0 Å². The van der Waals surface area contributed by atoms with Gasteiger partial charge in [-0.2, -0.15) is 0 Å². The Hall–Kier alpha value is -2.19. The molecule has 7 aliphatic heterocycles. The topological polar surface area (TPSA) is 591 Å². The molecule has 7 saturated heterocycles. The van der Waals surface area contributed by atoms with Crippen molar-refractivity contribution >= 4 is 5.97 Å². The first-order valence-electron chi connectivity index (χ1n) is 37.2. The third-order valence-electron chi connectivity index (χ3n) is 26.8. The fourth-order valence-electron chi connectivity index (χ4n) is 20.6. The average molecular weight is 1550 g/mol. The second kappa shape index (κ2) is 31.4. The highest BCUT2D eigenvalue weighted by Crippen LogP contribution is 2.76. The van der Waals surface area contributed by atoms with Gasteiger partial charge in [-0.05, 0) is 99.2 Å². The van der Waals surface area contributed by atoms with Gasteiger partial charge >= 0.3 is 5.97 Å². The van der Waals surface area contributed by atoms with Crippen LogP contribution in [0.2, 0.25) is 0 Å². The molecule has 5 aliphatic carbocycles. The maximum absolute atomic E-state index is 15.8. The zero-order valence-electron chi connectivity index (χ0n) is 61.1. The minimum Gasteiger partial charge on any atom is -0.432 e. The minimum atomic E-state index is -2.15. The smallest absolute Gasteiger partial charge is 0.317 e. The van der Waals surface area contributed by atoms with Crippen LogP contribution in [0.25, 0.3) is 0 Å². The van der Waals surface area contributed by atoms with Crippen LogP contribution in [-0.4, -0.2) is 378 Å². The third kappa shape index (κ3) is 14.5. The fourth-order valence-corrected chi connectivity index (χ4v) is 20.6. The molecule has 616 valence electrons. The van der Waals surface area contributed by atoms with Gasteiger partial charge in [0.15, 0.2) is 43.8 Å². The van der Waals surface area contributed by atoms with Crippen LogP contribution in [0.3, 0.4) is 0 Å². The predicted molar refractivity (Wildman–Crippen MR) is 350 cm³/mol. The largest absolute Gasteiger partial charge is 0.432 e. The quantitative estimate of drug-likeness (QED) is 0.0365. The summed E-state index contributed by atoms with van der Waals surface area (Å²) in [6, 6.07) is 0. The highest BCUT2D eigenvalue weighted by atomic mass is 16.8. The summed E-state index contributed by atoms with van der Waals surface area (Å²) in [5.41, 5.74) is -6.01. The summed E-state index contributed by atoms with van der Waals surface area (Å²) in [5, 5.41) is 248. The van der Waals surface area contributed by atoms with Crippen LogP contribution < -0.4 is 0 Å². The van der Waals surface area contributed by atoms with Gasteiger partial charge in [0, 0.05) is 11.3 Å². The van der Waals surface area contributed by atoms with Crippen LogP contribution in [0.1, 0.15) is 107 Å². The Kier molecular flexibility index (Phi) is 24.7. The van der Waals surface area contributed by atoms with Gasteiger partial charge < -0.3 is 179 Å². The molecule has 12 aliphatic rings. The molecule has 45 atom stereocenters.